The van der Waals surface area contributed by atoms with E-state index < -0.39 is 6.16 Å². The van der Waals surface area contributed by atoms with Crippen LogP contribution in [-0.4, -0.2) is 58.5 Å². The summed E-state index contributed by atoms with van der Waals surface area (Å²) in [6.07, 6.45) is 10.8. The molecular formula is C24H42IN3O4S. The highest BCUT2D eigenvalue weighted by Gasteiger charge is 2.39. The fourth-order valence-electron chi connectivity index (χ4n) is 4.05. The lowest BCUT2D eigenvalue weighted by Crippen LogP contribution is -3.00. The van der Waals surface area contributed by atoms with Crippen LogP contribution in [0.15, 0.2) is 6.08 Å². The third-order valence-corrected chi connectivity index (χ3v) is 6.39. The van der Waals surface area contributed by atoms with Crippen LogP contribution >= 0.6 is 11.7 Å². The molecule has 33 heavy (non-hydrogen) atoms. The molecular weight excluding hydrogens is 553 g/mol. The van der Waals surface area contributed by atoms with Gasteiger partial charge in [0.1, 0.15) is 12.2 Å². The lowest BCUT2D eigenvalue weighted by Gasteiger charge is -2.42. The minimum Gasteiger partial charge on any atom is -1.00 e. The molecule has 2 atom stereocenters. The maximum Gasteiger partial charge on any atom is 0.513 e. The van der Waals surface area contributed by atoms with Gasteiger partial charge in [0.2, 0.25) is 6.23 Å². The monoisotopic (exact) mass is 595 g/mol. The first-order valence-corrected chi connectivity index (χ1v) is 13.0. The summed E-state index contributed by atoms with van der Waals surface area (Å²) in [6.45, 7) is 10.4. The minimum absolute atomic E-state index is 0. The molecule has 0 aromatic carbocycles. The third-order valence-electron chi connectivity index (χ3n) is 5.88. The van der Waals surface area contributed by atoms with Crippen molar-refractivity contribution in [3.63, 3.8) is 0 Å². The Labute approximate surface area is 221 Å². The fraction of sp³-hybridized carbons (Fsp3) is 0.792. The molecule has 1 aromatic rings. The number of hydrogen-bond donors (Lipinski definition) is 0. The molecule has 0 fully saturated rings. The summed E-state index contributed by atoms with van der Waals surface area (Å²) in [6, 6.07) is 0. The molecule has 9 heteroatoms. The zero-order valence-electron chi connectivity index (χ0n) is 21.0. The van der Waals surface area contributed by atoms with Crippen molar-refractivity contribution in [2.45, 2.75) is 97.8 Å². The van der Waals surface area contributed by atoms with Gasteiger partial charge in [-0.25, -0.2) is 4.79 Å². The van der Waals surface area contributed by atoms with E-state index in [1.165, 1.54) is 31.0 Å². The molecule has 0 aliphatic carbocycles. The van der Waals surface area contributed by atoms with E-state index in [2.05, 4.69) is 35.7 Å². The van der Waals surface area contributed by atoms with Gasteiger partial charge in [-0.2, -0.15) is 4.37 Å². The minimum atomic E-state index is -0.580. The Morgan fingerprint density at radius 2 is 1.82 bits per heavy atom. The molecule has 0 saturated heterocycles. The number of aromatic nitrogens is 2. The van der Waals surface area contributed by atoms with Crippen molar-refractivity contribution in [2.24, 2.45) is 0 Å². The Bertz CT molecular complexity index is 728. The van der Waals surface area contributed by atoms with Crippen LogP contribution in [0.3, 0.4) is 0 Å². The standard InChI is InChI=1S/C24H42N3O4S.HI/c1-6-8-10-12-17-29-23-22(25-32-26-23)20-14-13-16-27(5,18-20)21(15-11-9-7-2)31-24(28)30-19(3)4;/h14,19,21H,6-13,15-18H2,1-5H3;1H/q+1;/p-1. The second kappa shape index (κ2) is 15.9. The molecule has 2 rings (SSSR count). The summed E-state index contributed by atoms with van der Waals surface area (Å²) in [7, 11) is 2.16. The summed E-state index contributed by atoms with van der Waals surface area (Å²) in [5.41, 5.74) is 1.96. The van der Waals surface area contributed by atoms with Gasteiger partial charge in [-0.1, -0.05) is 52.0 Å². The predicted octanol–water partition coefficient (Wildman–Crippen LogP) is 3.20. The second-order valence-electron chi connectivity index (χ2n) is 9.19. The van der Waals surface area contributed by atoms with Crippen molar-refractivity contribution < 1.29 is 47.5 Å². The number of carbonyl (C=O) groups is 1. The van der Waals surface area contributed by atoms with Crippen LogP contribution in [0.25, 0.3) is 5.57 Å². The number of likely N-dealkylation sites (N-methyl/N-ethyl adjacent to an activating group) is 1. The smallest absolute Gasteiger partial charge is 0.513 e. The number of nitrogens with zero attached hydrogens (tertiary/aromatic N) is 3. The van der Waals surface area contributed by atoms with E-state index in [0.29, 0.717) is 17.0 Å². The number of carbonyl (C=O) groups excluding carboxylic acids is 1. The van der Waals surface area contributed by atoms with Crippen LogP contribution in [0.5, 0.6) is 5.88 Å². The predicted molar refractivity (Wildman–Crippen MR) is 129 cm³/mol. The van der Waals surface area contributed by atoms with Gasteiger partial charge in [0, 0.05) is 18.4 Å². The van der Waals surface area contributed by atoms with Crippen LogP contribution in [0.4, 0.5) is 4.79 Å². The van der Waals surface area contributed by atoms with Crippen LogP contribution in [0.1, 0.15) is 91.2 Å². The van der Waals surface area contributed by atoms with Crippen LogP contribution in [0.2, 0.25) is 0 Å². The summed E-state index contributed by atoms with van der Waals surface area (Å²) in [4.78, 5) is 12.3. The maximum atomic E-state index is 12.3. The second-order valence-corrected chi connectivity index (χ2v) is 9.72. The first-order valence-electron chi connectivity index (χ1n) is 12.3. The van der Waals surface area contributed by atoms with Gasteiger partial charge >= 0.3 is 6.16 Å². The van der Waals surface area contributed by atoms with Crippen molar-refractivity contribution in [3.8, 4) is 5.88 Å². The molecule has 0 bridgehead atoms. The van der Waals surface area contributed by atoms with Gasteiger partial charge in [-0.05, 0) is 26.7 Å². The number of quaternary nitrogens is 1. The molecule has 2 heterocycles. The number of unbranched alkanes of at least 4 members (excludes halogenated alkanes) is 5. The lowest BCUT2D eigenvalue weighted by molar-refractivity contribution is -0.947. The van der Waals surface area contributed by atoms with Crippen molar-refractivity contribution >= 4 is 23.5 Å². The van der Waals surface area contributed by atoms with E-state index in [9.17, 15) is 4.79 Å². The molecule has 0 saturated carbocycles. The SMILES string of the molecule is CCCCCCOc1nsnc1C1=CCC[N+](C)(C(CCCCC)OC(=O)OC(C)C)C1.[I-]. The van der Waals surface area contributed by atoms with Crippen molar-refractivity contribution in [1.29, 1.82) is 0 Å². The van der Waals surface area contributed by atoms with Gasteiger partial charge in [0.15, 0.2) is 0 Å². The van der Waals surface area contributed by atoms with Gasteiger partial charge in [-0.15, -0.1) is 4.37 Å². The Kier molecular flexibility index (Phi) is 14.5. The molecule has 7 nitrogen and oxygen atoms in total. The molecule has 190 valence electrons. The molecule has 2 unspecified atom stereocenters. The molecule has 0 radical (unpaired) electrons. The Hall–Kier alpha value is -0.940. The van der Waals surface area contributed by atoms with Crippen molar-refractivity contribution in [1.82, 2.24) is 8.75 Å². The van der Waals surface area contributed by atoms with Gasteiger partial charge < -0.3 is 38.2 Å². The molecule has 1 aliphatic heterocycles. The maximum absolute atomic E-state index is 12.3. The molecule has 0 amide bonds. The van der Waals surface area contributed by atoms with Crippen molar-refractivity contribution in [2.75, 3.05) is 26.7 Å². The van der Waals surface area contributed by atoms with Crippen LogP contribution in [-0.2, 0) is 9.47 Å². The summed E-state index contributed by atoms with van der Waals surface area (Å²) in [5.74, 6) is 0.633. The van der Waals surface area contributed by atoms with Gasteiger partial charge in [-0.3, -0.25) is 4.48 Å². The highest BCUT2D eigenvalue weighted by Crippen LogP contribution is 2.33. The molecule has 0 spiro atoms. The third kappa shape index (κ3) is 10.1. The fourth-order valence-corrected chi connectivity index (χ4v) is 4.58. The largest absolute Gasteiger partial charge is 1.00 e. The average molecular weight is 596 g/mol. The molecule has 1 aliphatic rings. The van der Waals surface area contributed by atoms with Gasteiger partial charge in [0.25, 0.3) is 5.88 Å². The molecule has 0 N–H and O–H groups in total. The zero-order valence-corrected chi connectivity index (χ0v) is 24.0. The van der Waals surface area contributed by atoms with E-state index in [0.717, 1.165) is 62.9 Å². The first kappa shape index (κ1) is 30.1. The van der Waals surface area contributed by atoms with Crippen LogP contribution < -0.4 is 28.7 Å². The summed E-state index contributed by atoms with van der Waals surface area (Å²) < 4.78 is 26.7. The van der Waals surface area contributed by atoms with E-state index >= 15 is 0 Å². The van der Waals surface area contributed by atoms with Gasteiger partial charge in [0.05, 0.1) is 38.0 Å². The number of halogens is 1. The van der Waals surface area contributed by atoms with E-state index in [1.807, 2.05) is 13.8 Å². The van der Waals surface area contributed by atoms with E-state index in [1.54, 1.807) is 0 Å². The number of ether oxygens (including phenoxy) is 3. The quantitative estimate of drug-likeness (QED) is 0.143. The zero-order chi connectivity index (χ0) is 23.4. The Balaban J connectivity index is 0.00000544. The lowest BCUT2D eigenvalue weighted by atomic mass is 10.0. The summed E-state index contributed by atoms with van der Waals surface area (Å²) in [5, 5.41) is 0. The topological polar surface area (TPSA) is 70.5 Å². The summed E-state index contributed by atoms with van der Waals surface area (Å²) >= 11 is 1.19. The van der Waals surface area contributed by atoms with E-state index in [4.69, 9.17) is 14.2 Å². The Morgan fingerprint density at radius 3 is 2.52 bits per heavy atom. The Morgan fingerprint density at radius 1 is 1.09 bits per heavy atom. The highest BCUT2D eigenvalue weighted by atomic mass is 127. The van der Waals surface area contributed by atoms with Crippen LogP contribution in [0, 0.1) is 0 Å². The average Bonchev–Trinajstić information content (AvgIpc) is 3.21. The van der Waals surface area contributed by atoms with E-state index in [-0.39, 0.29) is 36.3 Å². The number of rotatable bonds is 14. The highest BCUT2D eigenvalue weighted by molar-refractivity contribution is 6.99. The number of hydrogen-bond acceptors (Lipinski definition) is 7. The normalized spacial score (nSPS) is 18.9. The first-order chi connectivity index (χ1) is 15.4. The van der Waals surface area contributed by atoms with Crippen molar-refractivity contribution in [3.05, 3.63) is 11.8 Å². The molecule has 1 aromatic heterocycles.